The molecule has 7 heteroatoms. The minimum absolute atomic E-state index is 0.0531. The molecule has 3 N–H and O–H groups in total. The van der Waals surface area contributed by atoms with Crippen LogP contribution in [0.3, 0.4) is 0 Å². The van der Waals surface area contributed by atoms with Gasteiger partial charge in [-0.05, 0) is 74.6 Å². The fourth-order valence-electron chi connectivity index (χ4n) is 5.24. The second-order valence-corrected chi connectivity index (χ2v) is 10.2. The first-order valence-electron chi connectivity index (χ1n) is 12.3. The average molecular weight is 443 g/mol. The Balaban J connectivity index is 1.45. The number of carboxylic acid groups (broad SMARTS) is 1. The molecule has 1 fully saturated rings. The van der Waals surface area contributed by atoms with E-state index >= 15 is 0 Å². The van der Waals surface area contributed by atoms with Gasteiger partial charge in [0.15, 0.2) is 0 Å². The normalized spacial score (nSPS) is 23.0. The van der Waals surface area contributed by atoms with Crippen LogP contribution in [0.5, 0.6) is 5.75 Å². The minimum Gasteiger partial charge on any atom is -0.535 e. The van der Waals surface area contributed by atoms with Crippen LogP contribution < -0.4 is 9.97 Å². The van der Waals surface area contributed by atoms with Crippen molar-refractivity contribution in [1.29, 1.82) is 0 Å². The predicted octanol–water partition coefficient (Wildman–Crippen LogP) is 4.35. The lowest BCUT2D eigenvalue weighted by Gasteiger charge is -2.30. The lowest BCUT2D eigenvalue weighted by Crippen LogP contribution is -2.36. The molecule has 1 heterocycles. The van der Waals surface area contributed by atoms with E-state index in [0.717, 1.165) is 37.4 Å². The first-order chi connectivity index (χ1) is 15.3. The van der Waals surface area contributed by atoms with Crippen molar-refractivity contribution >= 4 is 18.9 Å². The van der Waals surface area contributed by atoms with Crippen LogP contribution in [0.1, 0.15) is 81.1 Å². The highest BCUT2D eigenvalue weighted by molar-refractivity contribution is 6.47. The van der Waals surface area contributed by atoms with Crippen molar-refractivity contribution in [3.05, 3.63) is 29.3 Å². The molecule has 0 bridgehead atoms. The first-order valence-corrected chi connectivity index (χ1v) is 12.3. The summed E-state index contributed by atoms with van der Waals surface area (Å²) < 4.78 is 5.54. The Morgan fingerprint density at radius 2 is 2.00 bits per heavy atom. The molecule has 1 saturated carbocycles. The summed E-state index contributed by atoms with van der Waals surface area (Å²) in [5.41, 5.74) is 0.798. The Morgan fingerprint density at radius 1 is 1.22 bits per heavy atom. The number of aromatic carboxylic acids is 1. The molecule has 2 aliphatic rings. The van der Waals surface area contributed by atoms with Gasteiger partial charge in [0.05, 0.1) is 5.56 Å². The molecule has 32 heavy (non-hydrogen) atoms. The first kappa shape index (κ1) is 24.8. The number of benzene rings is 1. The number of hydrogen-bond donors (Lipinski definition) is 3. The van der Waals surface area contributed by atoms with Gasteiger partial charge in [-0.3, -0.25) is 4.79 Å². The third kappa shape index (κ3) is 7.07. The molecule has 1 aliphatic heterocycles. The van der Waals surface area contributed by atoms with Crippen LogP contribution in [0.25, 0.3) is 0 Å². The number of fused-ring (bicyclic) bond motifs is 1. The Kier molecular flexibility index (Phi) is 9.17. The fraction of sp³-hybridized carbons (Fsp3) is 0.680. The van der Waals surface area contributed by atoms with Crippen molar-refractivity contribution < 1.29 is 24.4 Å². The highest BCUT2D eigenvalue weighted by Gasteiger charge is 2.38. The van der Waals surface area contributed by atoms with Crippen LogP contribution in [-0.2, 0) is 11.2 Å². The van der Waals surface area contributed by atoms with Crippen molar-refractivity contribution in [3.63, 3.8) is 0 Å². The average Bonchev–Trinajstić information content (AvgIpc) is 2.73. The summed E-state index contributed by atoms with van der Waals surface area (Å²) in [5.74, 6) is 0.809. The van der Waals surface area contributed by atoms with Crippen molar-refractivity contribution in [2.24, 2.45) is 17.8 Å². The van der Waals surface area contributed by atoms with E-state index in [4.69, 9.17) is 4.65 Å². The molecule has 0 radical (unpaired) electrons. The summed E-state index contributed by atoms with van der Waals surface area (Å²) in [6, 6.07) is 4.96. The van der Waals surface area contributed by atoms with Gasteiger partial charge in [0.25, 0.3) is 0 Å². The zero-order chi connectivity index (χ0) is 23.1. The van der Waals surface area contributed by atoms with Crippen LogP contribution in [0.2, 0.25) is 5.82 Å². The smallest absolute Gasteiger partial charge is 0.526 e. The number of nitrogens with one attached hydrogen (secondary N) is 1. The maximum atomic E-state index is 12.8. The van der Waals surface area contributed by atoms with E-state index in [9.17, 15) is 19.7 Å². The van der Waals surface area contributed by atoms with Crippen LogP contribution in [0, 0.1) is 17.8 Å². The van der Waals surface area contributed by atoms with E-state index in [-0.39, 0.29) is 29.3 Å². The van der Waals surface area contributed by atoms with Crippen molar-refractivity contribution in [3.8, 4) is 5.75 Å². The summed E-state index contributed by atoms with van der Waals surface area (Å²) in [5, 5.41) is 23.3. The van der Waals surface area contributed by atoms with Crippen LogP contribution >= 0.6 is 0 Å². The molecule has 0 aromatic heterocycles. The van der Waals surface area contributed by atoms with Gasteiger partial charge in [-0.2, -0.15) is 0 Å². The van der Waals surface area contributed by atoms with Gasteiger partial charge in [-0.15, -0.1) is 0 Å². The number of ketones is 1. The van der Waals surface area contributed by atoms with Gasteiger partial charge >= 0.3 is 13.1 Å². The van der Waals surface area contributed by atoms with E-state index in [1.807, 2.05) is 6.07 Å². The molecule has 3 atom stereocenters. The van der Waals surface area contributed by atoms with E-state index in [2.05, 4.69) is 19.2 Å². The third-order valence-corrected chi connectivity index (χ3v) is 6.92. The van der Waals surface area contributed by atoms with E-state index in [1.54, 1.807) is 6.07 Å². The van der Waals surface area contributed by atoms with E-state index in [0.29, 0.717) is 24.7 Å². The van der Waals surface area contributed by atoms with Gasteiger partial charge < -0.3 is 20.1 Å². The molecule has 2 unspecified atom stereocenters. The van der Waals surface area contributed by atoms with Crippen LogP contribution in [-0.4, -0.2) is 42.1 Å². The molecule has 1 aromatic carbocycles. The van der Waals surface area contributed by atoms with Gasteiger partial charge in [-0.25, -0.2) is 4.79 Å². The Labute approximate surface area is 192 Å². The lowest BCUT2D eigenvalue weighted by atomic mass is 9.64. The Bertz CT molecular complexity index is 784. The molecule has 1 aliphatic carbocycles. The number of carboxylic acids is 1. The number of carbonyl (C=O) groups excluding carboxylic acids is 1. The highest BCUT2D eigenvalue weighted by atomic mass is 16.5. The van der Waals surface area contributed by atoms with Crippen molar-refractivity contribution in [2.45, 2.75) is 77.5 Å². The van der Waals surface area contributed by atoms with Gasteiger partial charge in [0.1, 0.15) is 11.5 Å². The largest absolute Gasteiger partial charge is 0.535 e. The zero-order valence-corrected chi connectivity index (χ0v) is 19.5. The number of Topliss-reactive ketones (excluding diaryl/α,β-unsaturated/α-hetero) is 1. The summed E-state index contributed by atoms with van der Waals surface area (Å²) in [6.07, 6.45) is 8.37. The third-order valence-electron chi connectivity index (χ3n) is 6.92. The molecule has 0 amide bonds. The minimum atomic E-state index is -1.15. The lowest BCUT2D eigenvalue weighted by molar-refractivity contribution is -0.120. The number of para-hydroxylation sites is 1. The number of hydrogen-bond acceptors (Lipinski definition) is 5. The van der Waals surface area contributed by atoms with Crippen LogP contribution in [0.4, 0.5) is 0 Å². The molecule has 3 rings (SSSR count). The SMILES string of the molecule is CC(C)CCCNCC1CCCC(CC(=O)C[C@H]2Cc3cccc(C(=O)O)c3OB2O)C1. The monoisotopic (exact) mass is 443 g/mol. The van der Waals surface area contributed by atoms with E-state index < -0.39 is 13.1 Å². The summed E-state index contributed by atoms with van der Waals surface area (Å²) in [7, 11) is -1.15. The second kappa shape index (κ2) is 11.8. The topological polar surface area (TPSA) is 95.9 Å². The predicted molar refractivity (Wildman–Crippen MR) is 126 cm³/mol. The molecule has 1 aromatic rings. The summed E-state index contributed by atoms with van der Waals surface area (Å²) >= 11 is 0. The number of rotatable bonds is 11. The highest BCUT2D eigenvalue weighted by Crippen LogP contribution is 2.37. The molecule has 0 spiro atoms. The zero-order valence-electron chi connectivity index (χ0n) is 19.5. The van der Waals surface area contributed by atoms with Gasteiger partial charge in [0, 0.05) is 18.7 Å². The maximum Gasteiger partial charge on any atom is 0.526 e. The van der Waals surface area contributed by atoms with Crippen molar-refractivity contribution in [1.82, 2.24) is 5.32 Å². The number of carbonyl (C=O) groups is 2. The standard InChI is InChI=1S/C25H38BNO5/c1-17(2)6-5-11-27-16-19-8-3-7-18(12-19)13-22(28)15-21-14-20-9-4-10-23(25(29)30)24(20)32-26(21)31/h4,9-10,17-19,21,27,31H,3,5-8,11-16H2,1-2H3,(H,29,30)/t18?,19?,21-/m1/s1. The molecule has 176 valence electrons. The molecular weight excluding hydrogens is 405 g/mol. The second-order valence-electron chi connectivity index (χ2n) is 10.2. The summed E-state index contributed by atoms with van der Waals surface area (Å²) in [6.45, 7) is 6.63. The van der Waals surface area contributed by atoms with E-state index in [1.165, 1.54) is 31.7 Å². The molecule has 0 saturated heterocycles. The van der Waals surface area contributed by atoms with Gasteiger partial charge in [-0.1, -0.05) is 38.8 Å². The van der Waals surface area contributed by atoms with Crippen molar-refractivity contribution in [2.75, 3.05) is 13.1 Å². The van der Waals surface area contributed by atoms with Crippen LogP contribution in [0.15, 0.2) is 18.2 Å². The quantitative estimate of drug-likeness (QED) is 0.348. The maximum absolute atomic E-state index is 12.8. The molecule has 6 nitrogen and oxygen atoms in total. The Hall–Kier alpha value is -1.86. The fourth-order valence-corrected chi connectivity index (χ4v) is 5.24. The van der Waals surface area contributed by atoms with Gasteiger partial charge in [0.2, 0.25) is 0 Å². The summed E-state index contributed by atoms with van der Waals surface area (Å²) in [4.78, 5) is 24.2. The molecular formula is C25H38BNO5. The Morgan fingerprint density at radius 3 is 2.75 bits per heavy atom.